The fourth-order valence-corrected chi connectivity index (χ4v) is 2.15. The van der Waals surface area contributed by atoms with Crippen LogP contribution in [-0.4, -0.2) is 18.2 Å². The molecule has 1 aliphatic rings. The van der Waals surface area contributed by atoms with Crippen LogP contribution >= 0.6 is 0 Å². The fourth-order valence-electron chi connectivity index (χ4n) is 2.15. The lowest BCUT2D eigenvalue weighted by Crippen LogP contribution is -2.02. The molecular weight excluding hydrogens is 252 g/mol. The number of rotatable bonds is 3. The van der Waals surface area contributed by atoms with Gasteiger partial charge in [0.25, 0.3) is 0 Å². The van der Waals surface area contributed by atoms with E-state index in [0.29, 0.717) is 13.2 Å². The van der Waals surface area contributed by atoms with E-state index < -0.39 is 0 Å². The Kier molecular flexibility index (Phi) is 3.72. The minimum absolute atomic E-state index is 0.707. The second-order valence-corrected chi connectivity index (χ2v) is 4.87. The molecule has 3 rings (SSSR count). The number of hydrogen-bond acceptors (Lipinski definition) is 4. The Bertz CT molecular complexity index is 599. The molecule has 1 N–H and O–H groups in total. The number of nitrogens with one attached hydrogen (secondary N) is 1. The number of pyridine rings is 1. The highest BCUT2D eigenvalue weighted by Gasteiger charge is 2.10. The maximum absolute atomic E-state index is 5.69. The molecule has 0 bridgehead atoms. The first-order valence-corrected chi connectivity index (χ1v) is 6.86. The van der Waals surface area contributed by atoms with Crippen LogP contribution in [0.2, 0.25) is 0 Å². The van der Waals surface area contributed by atoms with Gasteiger partial charge in [-0.25, -0.2) is 0 Å². The lowest BCUT2D eigenvalue weighted by Gasteiger charge is -2.12. The summed E-state index contributed by atoms with van der Waals surface area (Å²) in [5.41, 5.74) is 3.46. The summed E-state index contributed by atoms with van der Waals surface area (Å²) in [6.45, 7) is 4.26. The van der Waals surface area contributed by atoms with Gasteiger partial charge in [-0.05, 0) is 36.2 Å². The van der Waals surface area contributed by atoms with Gasteiger partial charge < -0.3 is 14.8 Å². The zero-order chi connectivity index (χ0) is 13.8. The molecule has 4 heteroatoms. The summed E-state index contributed by atoms with van der Waals surface area (Å²) < 4.78 is 11.3. The van der Waals surface area contributed by atoms with Gasteiger partial charge in [0.05, 0.1) is 13.2 Å². The maximum Gasteiger partial charge on any atom is 0.163 e. The Morgan fingerprint density at radius 3 is 2.85 bits per heavy atom. The first-order chi connectivity index (χ1) is 9.83. The van der Waals surface area contributed by atoms with E-state index in [9.17, 15) is 0 Å². The van der Waals surface area contributed by atoms with Crippen molar-refractivity contribution in [2.45, 2.75) is 19.9 Å². The van der Waals surface area contributed by atoms with Crippen LogP contribution in [0, 0.1) is 6.92 Å². The topological polar surface area (TPSA) is 43.4 Å². The van der Waals surface area contributed by atoms with Crippen molar-refractivity contribution in [2.24, 2.45) is 0 Å². The molecule has 0 aliphatic carbocycles. The smallest absolute Gasteiger partial charge is 0.163 e. The molecule has 0 atom stereocenters. The largest absolute Gasteiger partial charge is 0.490 e. The summed E-state index contributed by atoms with van der Waals surface area (Å²) in [5.74, 6) is 1.64. The number of aryl methyl sites for hydroxylation is 1. The molecule has 0 unspecified atom stereocenters. The molecule has 20 heavy (non-hydrogen) atoms. The zero-order valence-electron chi connectivity index (χ0n) is 11.6. The van der Waals surface area contributed by atoms with Crippen LogP contribution in [0.3, 0.4) is 0 Å². The van der Waals surface area contributed by atoms with Crippen LogP contribution in [0.15, 0.2) is 36.7 Å². The molecule has 0 radical (unpaired) electrons. The van der Waals surface area contributed by atoms with Crippen LogP contribution in [0.5, 0.6) is 11.5 Å². The van der Waals surface area contributed by atoms with Crippen LogP contribution in [0.4, 0.5) is 5.69 Å². The molecule has 104 valence electrons. The van der Waals surface area contributed by atoms with Gasteiger partial charge in [0, 0.05) is 37.1 Å². The molecule has 4 nitrogen and oxygen atoms in total. The van der Waals surface area contributed by atoms with Gasteiger partial charge in [0.1, 0.15) is 0 Å². The minimum atomic E-state index is 0.707. The molecule has 2 heterocycles. The molecule has 0 saturated heterocycles. The Morgan fingerprint density at radius 1 is 1.15 bits per heavy atom. The Hall–Kier alpha value is -2.23. The highest BCUT2D eigenvalue weighted by atomic mass is 16.5. The fraction of sp³-hybridized carbons (Fsp3) is 0.312. The monoisotopic (exact) mass is 270 g/mol. The van der Waals surface area contributed by atoms with Gasteiger partial charge >= 0.3 is 0 Å². The Balaban J connectivity index is 1.72. The second kappa shape index (κ2) is 5.82. The van der Waals surface area contributed by atoms with Crippen molar-refractivity contribution >= 4 is 5.69 Å². The molecule has 0 fully saturated rings. The van der Waals surface area contributed by atoms with Crippen LogP contribution < -0.4 is 14.8 Å². The highest BCUT2D eigenvalue weighted by molar-refractivity contribution is 5.55. The summed E-state index contributed by atoms with van der Waals surface area (Å²) in [6, 6.07) is 7.98. The number of ether oxygens (including phenoxy) is 2. The predicted molar refractivity (Wildman–Crippen MR) is 78.3 cm³/mol. The normalized spacial score (nSPS) is 13.7. The molecule has 1 aromatic carbocycles. The van der Waals surface area contributed by atoms with E-state index in [1.165, 1.54) is 11.1 Å². The van der Waals surface area contributed by atoms with Crippen molar-refractivity contribution in [3.63, 3.8) is 0 Å². The van der Waals surface area contributed by atoms with Crippen LogP contribution in [0.1, 0.15) is 17.5 Å². The first-order valence-electron chi connectivity index (χ1n) is 6.86. The third-order valence-corrected chi connectivity index (χ3v) is 3.38. The van der Waals surface area contributed by atoms with Crippen molar-refractivity contribution in [2.75, 3.05) is 18.5 Å². The predicted octanol–water partition coefficient (Wildman–Crippen LogP) is 3.16. The first kappa shape index (κ1) is 12.8. The number of nitrogens with zero attached hydrogens (tertiary/aromatic N) is 1. The van der Waals surface area contributed by atoms with E-state index >= 15 is 0 Å². The van der Waals surface area contributed by atoms with Gasteiger partial charge in [-0.15, -0.1) is 0 Å². The molecule has 1 aliphatic heterocycles. The molecular formula is C16H18N2O2. The summed E-state index contributed by atoms with van der Waals surface area (Å²) in [4.78, 5) is 4.16. The zero-order valence-corrected chi connectivity index (χ0v) is 11.6. The molecule has 0 spiro atoms. The summed E-state index contributed by atoms with van der Waals surface area (Å²) >= 11 is 0. The van der Waals surface area contributed by atoms with Crippen LogP contribution in [0.25, 0.3) is 0 Å². The lowest BCUT2D eigenvalue weighted by molar-refractivity contribution is 0.297. The number of hydrogen-bond donors (Lipinski definition) is 1. The van der Waals surface area contributed by atoms with E-state index in [-0.39, 0.29) is 0 Å². The summed E-state index contributed by atoms with van der Waals surface area (Å²) in [6.07, 6.45) is 4.63. The third-order valence-electron chi connectivity index (χ3n) is 3.38. The van der Waals surface area contributed by atoms with Gasteiger partial charge in [-0.2, -0.15) is 0 Å². The van der Waals surface area contributed by atoms with Crippen molar-refractivity contribution in [3.05, 3.63) is 47.8 Å². The van der Waals surface area contributed by atoms with Crippen molar-refractivity contribution in [1.82, 2.24) is 4.98 Å². The van der Waals surface area contributed by atoms with Crippen molar-refractivity contribution in [3.8, 4) is 11.5 Å². The second-order valence-electron chi connectivity index (χ2n) is 4.87. The van der Waals surface area contributed by atoms with E-state index in [0.717, 1.165) is 30.2 Å². The van der Waals surface area contributed by atoms with E-state index in [4.69, 9.17) is 9.47 Å². The molecule has 2 aromatic rings. The van der Waals surface area contributed by atoms with Gasteiger partial charge in [-0.1, -0.05) is 0 Å². The Morgan fingerprint density at radius 2 is 2.00 bits per heavy atom. The van der Waals surface area contributed by atoms with Crippen molar-refractivity contribution < 1.29 is 9.47 Å². The number of anilines is 1. The van der Waals surface area contributed by atoms with E-state index in [1.54, 1.807) is 0 Å². The average molecular weight is 270 g/mol. The van der Waals surface area contributed by atoms with Gasteiger partial charge in [0.2, 0.25) is 0 Å². The average Bonchev–Trinajstić information content (AvgIpc) is 2.71. The van der Waals surface area contributed by atoms with Crippen molar-refractivity contribution in [1.29, 1.82) is 0 Å². The van der Waals surface area contributed by atoms with Gasteiger partial charge in [0.15, 0.2) is 11.5 Å². The minimum Gasteiger partial charge on any atom is -0.490 e. The number of aromatic nitrogens is 1. The molecule has 1 aromatic heterocycles. The SMILES string of the molecule is Cc1ccncc1CNc1ccc2c(c1)OCCCO2. The highest BCUT2D eigenvalue weighted by Crippen LogP contribution is 2.32. The standard InChI is InChI=1S/C16H18N2O2/c1-12-5-6-17-10-13(12)11-18-14-3-4-15-16(9-14)20-8-2-7-19-15/h3-6,9-10,18H,2,7-8,11H2,1H3. The summed E-state index contributed by atoms with van der Waals surface area (Å²) in [7, 11) is 0. The van der Waals surface area contributed by atoms with E-state index in [1.807, 2.05) is 36.7 Å². The maximum atomic E-state index is 5.69. The van der Waals surface area contributed by atoms with Crippen LogP contribution in [-0.2, 0) is 6.54 Å². The third kappa shape index (κ3) is 2.85. The molecule has 0 saturated carbocycles. The number of benzene rings is 1. The quantitative estimate of drug-likeness (QED) is 0.930. The lowest BCUT2D eigenvalue weighted by atomic mass is 10.1. The number of fused-ring (bicyclic) bond motifs is 1. The Labute approximate surface area is 118 Å². The van der Waals surface area contributed by atoms with Gasteiger partial charge in [-0.3, -0.25) is 4.98 Å². The summed E-state index contributed by atoms with van der Waals surface area (Å²) in [5, 5.41) is 3.40. The van der Waals surface area contributed by atoms with E-state index in [2.05, 4.69) is 17.2 Å². The molecule has 0 amide bonds.